The van der Waals surface area contributed by atoms with Crippen LogP contribution in [0.3, 0.4) is 0 Å². The lowest BCUT2D eigenvalue weighted by molar-refractivity contribution is -0.111. The maximum Gasteiger partial charge on any atom is 0.343 e. The summed E-state index contributed by atoms with van der Waals surface area (Å²) < 4.78 is 11.2. The van der Waals surface area contributed by atoms with E-state index in [-0.39, 0.29) is 17.8 Å². The van der Waals surface area contributed by atoms with E-state index in [0.717, 1.165) is 27.9 Å². The second-order valence-electron chi connectivity index (χ2n) is 8.56. The molecular formula is C27H31NO4S. The van der Waals surface area contributed by atoms with Crippen LogP contribution in [0.2, 0.25) is 0 Å². The van der Waals surface area contributed by atoms with Gasteiger partial charge in [0.05, 0.1) is 5.56 Å². The maximum absolute atomic E-state index is 12.8. The zero-order valence-corrected chi connectivity index (χ0v) is 20.6. The Morgan fingerprint density at radius 1 is 1.09 bits per heavy atom. The Hall–Kier alpha value is -2.83. The fraction of sp³-hybridized carbons (Fsp3) is 0.333. The molecule has 2 aromatic carbocycles. The predicted molar refractivity (Wildman–Crippen MR) is 134 cm³/mol. The van der Waals surface area contributed by atoms with E-state index >= 15 is 0 Å². The number of aldehydes is 1. The van der Waals surface area contributed by atoms with E-state index in [0.29, 0.717) is 18.0 Å². The van der Waals surface area contributed by atoms with Gasteiger partial charge in [0.25, 0.3) is 0 Å². The van der Waals surface area contributed by atoms with Gasteiger partial charge in [-0.2, -0.15) is 0 Å². The van der Waals surface area contributed by atoms with E-state index in [1.54, 1.807) is 19.2 Å². The zero-order chi connectivity index (χ0) is 24.0. The lowest BCUT2D eigenvalue weighted by Crippen LogP contribution is -2.35. The molecule has 0 aromatic heterocycles. The summed E-state index contributed by atoms with van der Waals surface area (Å²) in [6.45, 7) is 8.68. The Morgan fingerprint density at radius 2 is 1.73 bits per heavy atom. The SMILES string of the molecule is COCN1C=CSC(=Cc2cc(C(C)C)c(OC(=O)c3ccccc3)c(C(C)C)c2)C1C=O. The molecule has 0 radical (unpaired) electrons. The molecule has 0 fully saturated rings. The van der Waals surface area contributed by atoms with Gasteiger partial charge in [0, 0.05) is 18.2 Å². The van der Waals surface area contributed by atoms with Crippen molar-refractivity contribution in [2.24, 2.45) is 0 Å². The van der Waals surface area contributed by atoms with Gasteiger partial charge < -0.3 is 19.2 Å². The molecule has 0 aliphatic carbocycles. The standard InChI is InChI=1S/C27H31NO4S/c1-18(2)22-13-20(15-25-24(16-29)28(17-31-5)11-12-33-25)14-23(19(3)4)26(22)32-27(30)21-9-7-6-8-10-21/h6-16,18-19,24H,17H2,1-5H3. The van der Waals surface area contributed by atoms with Crippen molar-refractivity contribution >= 4 is 30.1 Å². The molecule has 5 nitrogen and oxygen atoms in total. The molecule has 0 amide bonds. The number of hydrogen-bond donors (Lipinski definition) is 0. The van der Waals surface area contributed by atoms with Gasteiger partial charge in [-0.25, -0.2) is 4.79 Å². The average Bonchev–Trinajstić information content (AvgIpc) is 2.80. The largest absolute Gasteiger partial charge is 0.422 e. The zero-order valence-electron chi connectivity index (χ0n) is 19.8. The molecule has 1 aliphatic heterocycles. The monoisotopic (exact) mass is 465 g/mol. The molecule has 1 atom stereocenters. The minimum atomic E-state index is -0.402. The molecule has 2 aromatic rings. The van der Waals surface area contributed by atoms with Crippen molar-refractivity contribution < 1.29 is 19.1 Å². The summed E-state index contributed by atoms with van der Waals surface area (Å²) in [6, 6.07) is 12.7. The Morgan fingerprint density at radius 3 is 2.27 bits per heavy atom. The summed E-state index contributed by atoms with van der Waals surface area (Å²) in [5.41, 5.74) is 3.42. The van der Waals surface area contributed by atoms with Crippen molar-refractivity contribution in [2.75, 3.05) is 13.8 Å². The second-order valence-corrected chi connectivity index (χ2v) is 9.54. The Labute approximate surface area is 200 Å². The number of esters is 1. The summed E-state index contributed by atoms with van der Waals surface area (Å²) in [5.74, 6) is 0.546. The predicted octanol–water partition coefficient (Wildman–Crippen LogP) is 6.18. The second kappa shape index (κ2) is 11.3. The third-order valence-electron chi connectivity index (χ3n) is 5.44. The van der Waals surface area contributed by atoms with Crippen molar-refractivity contribution in [2.45, 2.75) is 45.6 Å². The lowest BCUT2D eigenvalue weighted by Gasteiger charge is -2.30. The average molecular weight is 466 g/mol. The van der Waals surface area contributed by atoms with Crippen LogP contribution in [-0.2, 0) is 9.53 Å². The first kappa shape index (κ1) is 24.8. The molecule has 1 heterocycles. The normalized spacial score (nSPS) is 17.1. The van der Waals surface area contributed by atoms with Gasteiger partial charge in [0.2, 0.25) is 0 Å². The third-order valence-corrected chi connectivity index (χ3v) is 6.33. The van der Waals surface area contributed by atoms with E-state index in [9.17, 15) is 9.59 Å². The topological polar surface area (TPSA) is 55.8 Å². The summed E-state index contributed by atoms with van der Waals surface area (Å²) in [7, 11) is 1.61. The van der Waals surface area contributed by atoms with Crippen LogP contribution in [0.15, 0.2) is 59.0 Å². The minimum absolute atomic E-state index is 0.144. The Balaban J connectivity index is 2.05. The van der Waals surface area contributed by atoms with Crippen LogP contribution < -0.4 is 4.74 Å². The Kier molecular flexibility index (Phi) is 8.53. The van der Waals surface area contributed by atoms with Gasteiger partial charge >= 0.3 is 5.97 Å². The van der Waals surface area contributed by atoms with Crippen LogP contribution >= 0.6 is 11.8 Å². The smallest absolute Gasteiger partial charge is 0.343 e. The molecule has 3 rings (SSSR count). The van der Waals surface area contributed by atoms with Crippen LogP contribution in [0.5, 0.6) is 5.75 Å². The molecule has 0 saturated carbocycles. The van der Waals surface area contributed by atoms with Crippen molar-refractivity contribution in [3.8, 4) is 5.75 Å². The summed E-state index contributed by atoms with van der Waals surface area (Å²) >= 11 is 1.53. The number of thioether (sulfide) groups is 1. The highest BCUT2D eigenvalue weighted by Crippen LogP contribution is 2.38. The molecule has 33 heavy (non-hydrogen) atoms. The van der Waals surface area contributed by atoms with Gasteiger partial charge in [-0.05, 0) is 64.3 Å². The molecule has 0 bridgehead atoms. The Bertz CT molecular complexity index is 1010. The van der Waals surface area contributed by atoms with Crippen LogP contribution in [0.4, 0.5) is 0 Å². The van der Waals surface area contributed by atoms with E-state index in [1.807, 2.05) is 40.8 Å². The first-order valence-corrected chi connectivity index (χ1v) is 11.9. The first-order chi connectivity index (χ1) is 15.8. The van der Waals surface area contributed by atoms with Gasteiger partial charge in [-0.15, -0.1) is 0 Å². The van der Waals surface area contributed by atoms with Gasteiger partial charge in [0.1, 0.15) is 24.8 Å². The quantitative estimate of drug-likeness (QED) is 0.263. The number of nitrogens with zero attached hydrogens (tertiary/aromatic N) is 1. The number of methoxy groups -OCH3 is 1. The van der Waals surface area contributed by atoms with Crippen LogP contribution in [0.1, 0.15) is 66.6 Å². The van der Waals surface area contributed by atoms with Crippen LogP contribution in [0.25, 0.3) is 6.08 Å². The van der Waals surface area contributed by atoms with Gasteiger partial charge in [-0.3, -0.25) is 0 Å². The number of ether oxygens (including phenoxy) is 2. The van der Waals surface area contributed by atoms with Gasteiger partial charge in [-0.1, -0.05) is 57.7 Å². The number of benzene rings is 2. The first-order valence-electron chi connectivity index (χ1n) is 11.1. The van der Waals surface area contributed by atoms with E-state index in [4.69, 9.17) is 9.47 Å². The number of carbonyl (C=O) groups is 2. The van der Waals surface area contributed by atoms with Crippen molar-refractivity contribution in [1.29, 1.82) is 0 Å². The van der Waals surface area contributed by atoms with E-state index < -0.39 is 6.04 Å². The third kappa shape index (κ3) is 5.95. The summed E-state index contributed by atoms with van der Waals surface area (Å²) in [4.78, 5) is 27.5. The highest BCUT2D eigenvalue weighted by atomic mass is 32.2. The van der Waals surface area contributed by atoms with Gasteiger partial charge in [0.15, 0.2) is 0 Å². The lowest BCUT2D eigenvalue weighted by atomic mass is 9.91. The number of carbonyl (C=O) groups excluding carboxylic acids is 2. The molecular weight excluding hydrogens is 434 g/mol. The molecule has 174 valence electrons. The maximum atomic E-state index is 12.8. The molecule has 1 aliphatic rings. The number of rotatable bonds is 8. The molecule has 0 N–H and O–H groups in total. The summed E-state index contributed by atoms with van der Waals surface area (Å²) in [5, 5.41) is 1.95. The number of hydrogen-bond acceptors (Lipinski definition) is 6. The van der Waals surface area contributed by atoms with Crippen molar-refractivity contribution in [1.82, 2.24) is 4.90 Å². The van der Waals surface area contributed by atoms with Crippen molar-refractivity contribution in [3.05, 3.63) is 81.2 Å². The minimum Gasteiger partial charge on any atom is -0.422 e. The van der Waals surface area contributed by atoms with Crippen LogP contribution in [0, 0.1) is 0 Å². The molecule has 6 heteroatoms. The van der Waals surface area contributed by atoms with E-state index in [2.05, 4.69) is 39.8 Å². The van der Waals surface area contributed by atoms with Crippen LogP contribution in [-0.4, -0.2) is 37.0 Å². The molecule has 1 unspecified atom stereocenters. The highest BCUT2D eigenvalue weighted by molar-refractivity contribution is 8.06. The molecule has 0 saturated heterocycles. The highest BCUT2D eigenvalue weighted by Gasteiger charge is 2.24. The fourth-order valence-electron chi connectivity index (χ4n) is 3.70. The summed E-state index contributed by atoms with van der Waals surface area (Å²) in [6.07, 6.45) is 4.84. The van der Waals surface area contributed by atoms with E-state index in [1.165, 1.54) is 11.8 Å². The molecule has 0 spiro atoms. The van der Waals surface area contributed by atoms with Crippen molar-refractivity contribution in [3.63, 3.8) is 0 Å². The fourth-order valence-corrected chi connectivity index (χ4v) is 4.61.